The van der Waals surface area contributed by atoms with Crippen LogP contribution in [-0.4, -0.2) is 13.9 Å². The zero-order chi connectivity index (χ0) is 16.4. The number of ether oxygens (including phenoxy) is 2. The number of hydrogen-bond acceptors (Lipinski definition) is 2. The van der Waals surface area contributed by atoms with E-state index in [2.05, 4.69) is 78.9 Å². The zero-order valence-corrected chi connectivity index (χ0v) is 13.5. The van der Waals surface area contributed by atoms with Crippen LogP contribution < -0.4 is 4.74 Å². The van der Waals surface area contributed by atoms with Crippen molar-refractivity contribution in [1.82, 2.24) is 0 Å². The Morgan fingerprint density at radius 3 is 2.12 bits per heavy atom. The fraction of sp³-hybridized carbons (Fsp3) is 0.0909. The summed E-state index contributed by atoms with van der Waals surface area (Å²) in [6, 6.07) is 27.5. The lowest BCUT2D eigenvalue weighted by Crippen LogP contribution is -1.99. The minimum atomic E-state index is 0.243. The maximum atomic E-state index is 5.72. The second-order valence-electron chi connectivity index (χ2n) is 5.77. The first kappa shape index (κ1) is 14.7. The lowest BCUT2D eigenvalue weighted by Gasteiger charge is -2.13. The quantitative estimate of drug-likeness (QED) is 0.454. The molecule has 2 heteroatoms. The Hall–Kier alpha value is -2.84. The van der Waals surface area contributed by atoms with Crippen molar-refractivity contribution in [3.63, 3.8) is 0 Å². The van der Waals surface area contributed by atoms with Crippen LogP contribution in [0, 0.1) is 0 Å². The zero-order valence-electron chi connectivity index (χ0n) is 13.5. The predicted octanol–water partition coefficient (Wildman–Crippen LogP) is 5.64. The molecule has 0 radical (unpaired) electrons. The molecule has 24 heavy (non-hydrogen) atoms. The van der Waals surface area contributed by atoms with Gasteiger partial charge in [0.15, 0.2) is 6.79 Å². The van der Waals surface area contributed by atoms with Gasteiger partial charge in [0.1, 0.15) is 5.75 Å². The van der Waals surface area contributed by atoms with Crippen molar-refractivity contribution in [3.8, 4) is 16.9 Å². The van der Waals surface area contributed by atoms with Gasteiger partial charge in [0.05, 0.1) is 0 Å². The third-order valence-corrected chi connectivity index (χ3v) is 4.26. The molecule has 4 aromatic carbocycles. The molecule has 0 atom stereocenters. The van der Waals surface area contributed by atoms with E-state index >= 15 is 0 Å². The number of hydrogen-bond donors (Lipinski definition) is 0. The molecule has 0 N–H and O–H groups in total. The summed E-state index contributed by atoms with van der Waals surface area (Å²) >= 11 is 0. The molecule has 0 unspecified atom stereocenters. The Bertz CT molecular complexity index is 1000. The third-order valence-electron chi connectivity index (χ3n) is 4.26. The van der Waals surface area contributed by atoms with Crippen molar-refractivity contribution < 1.29 is 9.47 Å². The minimum absolute atomic E-state index is 0.243. The highest BCUT2D eigenvalue weighted by Gasteiger charge is 2.10. The van der Waals surface area contributed by atoms with Gasteiger partial charge >= 0.3 is 0 Å². The van der Waals surface area contributed by atoms with Crippen molar-refractivity contribution in [1.29, 1.82) is 0 Å². The lowest BCUT2D eigenvalue weighted by molar-refractivity contribution is 0.0512. The highest BCUT2D eigenvalue weighted by molar-refractivity contribution is 6.06. The maximum absolute atomic E-state index is 5.72. The van der Waals surface area contributed by atoms with Crippen LogP contribution >= 0.6 is 0 Å². The first-order chi connectivity index (χ1) is 11.9. The van der Waals surface area contributed by atoms with E-state index in [9.17, 15) is 0 Å². The van der Waals surface area contributed by atoms with Gasteiger partial charge < -0.3 is 9.47 Å². The summed E-state index contributed by atoms with van der Waals surface area (Å²) in [6.45, 7) is 0.243. The minimum Gasteiger partial charge on any atom is -0.468 e. The highest BCUT2D eigenvalue weighted by Crippen LogP contribution is 2.36. The highest BCUT2D eigenvalue weighted by atomic mass is 16.7. The van der Waals surface area contributed by atoms with Crippen LogP contribution in [0.2, 0.25) is 0 Å². The molecule has 118 valence electrons. The van der Waals surface area contributed by atoms with Gasteiger partial charge in [-0.15, -0.1) is 0 Å². The first-order valence-corrected chi connectivity index (χ1v) is 7.99. The fourth-order valence-corrected chi connectivity index (χ4v) is 3.18. The molecular formula is C22H18O2. The molecule has 0 saturated heterocycles. The van der Waals surface area contributed by atoms with Gasteiger partial charge in [-0.05, 0) is 44.8 Å². The normalized spacial score (nSPS) is 11.0. The SMILES string of the molecule is COCOc1cc(-c2cccc3ccccc23)c2ccccc2c1. The fourth-order valence-electron chi connectivity index (χ4n) is 3.18. The van der Waals surface area contributed by atoms with Gasteiger partial charge in [0.25, 0.3) is 0 Å². The summed E-state index contributed by atoms with van der Waals surface area (Å²) in [5.74, 6) is 0.818. The molecule has 4 rings (SSSR count). The molecule has 0 amide bonds. The molecule has 0 spiro atoms. The van der Waals surface area contributed by atoms with Gasteiger partial charge in [-0.3, -0.25) is 0 Å². The second kappa shape index (κ2) is 6.34. The van der Waals surface area contributed by atoms with Crippen molar-refractivity contribution >= 4 is 21.5 Å². The van der Waals surface area contributed by atoms with E-state index in [1.54, 1.807) is 7.11 Å². The van der Waals surface area contributed by atoms with Crippen LogP contribution in [0.15, 0.2) is 78.9 Å². The Morgan fingerprint density at radius 1 is 0.667 bits per heavy atom. The standard InChI is InChI=1S/C22H18O2/c1-23-15-24-18-13-17-8-3-5-11-20(17)22(14-18)21-12-6-9-16-7-2-4-10-19(16)21/h2-14H,15H2,1H3. The number of fused-ring (bicyclic) bond motifs is 2. The lowest BCUT2D eigenvalue weighted by atomic mass is 9.94. The van der Waals surface area contributed by atoms with Gasteiger partial charge in [0.2, 0.25) is 0 Å². The summed E-state index contributed by atoms with van der Waals surface area (Å²) in [5, 5.41) is 4.86. The van der Waals surface area contributed by atoms with Crippen molar-refractivity contribution in [3.05, 3.63) is 78.9 Å². The summed E-state index contributed by atoms with van der Waals surface area (Å²) < 4.78 is 10.8. The topological polar surface area (TPSA) is 18.5 Å². The number of rotatable bonds is 4. The summed E-state index contributed by atoms with van der Waals surface area (Å²) in [7, 11) is 1.63. The molecule has 2 nitrogen and oxygen atoms in total. The van der Waals surface area contributed by atoms with E-state index in [0.717, 1.165) is 11.1 Å². The average molecular weight is 314 g/mol. The van der Waals surface area contributed by atoms with Crippen LogP contribution in [0.25, 0.3) is 32.7 Å². The van der Waals surface area contributed by atoms with Gasteiger partial charge in [-0.25, -0.2) is 0 Å². The predicted molar refractivity (Wildman–Crippen MR) is 99.4 cm³/mol. The molecule has 0 aromatic heterocycles. The molecule has 4 aromatic rings. The van der Waals surface area contributed by atoms with E-state index in [-0.39, 0.29) is 6.79 Å². The third kappa shape index (κ3) is 2.61. The van der Waals surface area contributed by atoms with E-state index in [1.807, 2.05) is 0 Å². The van der Waals surface area contributed by atoms with Crippen LogP contribution in [0.3, 0.4) is 0 Å². The largest absolute Gasteiger partial charge is 0.468 e. The van der Waals surface area contributed by atoms with Crippen molar-refractivity contribution in [2.75, 3.05) is 13.9 Å². The Labute approximate surface area is 141 Å². The van der Waals surface area contributed by atoms with E-state index < -0.39 is 0 Å². The Balaban J connectivity index is 2.00. The average Bonchev–Trinajstić information content (AvgIpc) is 2.65. The van der Waals surface area contributed by atoms with Crippen molar-refractivity contribution in [2.24, 2.45) is 0 Å². The number of methoxy groups -OCH3 is 1. The molecule has 0 aliphatic heterocycles. The van der Waals surface area contributed by atoms with E-state index in [1.165, 1.54) is 27.3 Å². The second-order valence-corrected chi connectivity index (χ2v) is 5.77. The van der Waals surface area contributed by atoms with Crippen LogP contribution in [0.1, 0.15) is 0 Å². The Kier molecular flexibility index (Phi) is 3.89. The van der Waals surface area contributed by atoms with Crippen LogP contribution in [-0.2, 0) is 4.74 Å². The number of benzene rings is 4. The van der Waals surface area contributed by atoms with Gasteiger partial charge in [-0.1, -0.05) is 66.7 Å². The summed E-state index contributed by atoms with van der Waals surface area (Å²) in [4.78, 5) is 0. The monoisotopic (exact) mass is 314 g/mol. The molecule has 0 fully saturated rings. The molecule has 0 saturated carbocycles. The van der Waals surface area contributed by atoms with Crippen molar-refractivity contribution in [2.45, 2.75) is 0 Å². The van der Waals surface area contributed by atoms with E-state index in [4.69, 9.17) is 9.47 Å². The molecule has 0 bridgehead atoms. The first-order valence-electron chi connectivity index (χ1n) is 7.99. The Morgan fingerprint density at radius 2 is 1.33 bits per heavy atom. The van der Waals surface area contributed by atoms with Gasteiger partial charge in [-0.2, -0.15) is 0 Å². The molecule has 0 aliphatic rings. The molecular weight excluding hydrogens is 296 g/mol. The molecule has 0 aliphatic carbocycles. The van der Waals surface area contributed by atoms with Crippen LogP contribution in [0.4, 0.5) is 0 Å². The summed E-state index contributed by atoms with van der Waals surface area (Å²) in [5.41, 5.74) is 2.39. The van der Waals surface area contributed by atoms with Crippen LogP contribution in [0.5, 0.6) is 5.75 Å². The maximum Gasteiger partial charge on any atom is 0.188 e. The smallest absolute Gasteiger partial charge is 0.188 e. The molecule has 0 heterocycles. The summed E-state index contributed by atoms with van der Waals surface area (Å²) in [6.07, 6.45) is 0. The van der Waals surface area contributed by atoms with E-state index in [0.29, 0.717) is 0 Å². The van der Waals surface area contributed by atoms with Gasteiger partial charge in [0, 0.05) is 7.11 Å².